The van der Waals surface area contributed by atoms with E-state index < -0.39 is 5.91 Å². The molecular formula is C14H21ClN4O2. The van der Waals surface area contributed by atoms with Gasteiger partial charge in [-0.15, -0.1) is 0 Å². The summed E-state index contributed by atoms with van der Waals surface area (Å²) in [5.41, 5.74) is 11.8. The van der Waals surface area contributed by atoms with Gasteiger partial charge in [0.1, 0.15) is 0 Å². The van der Waals surface area contributed by atoms with Gasteiger partial charge in [0, 0.05) is 11.6 Å². The molecule has 2 amide bonds. The van der Waals surface area contributed by atoms with Gasteiger partial charge in [-0.1, -0.05) is 25.4 Å². The second-order valence-corrected chi connectivity index (χ2v) is 5.75. The van der Waals surface area contributed by atoms with Crippen molar-refractivity contribution in [3.63, 3.8) is 0 Å². The molecule has 0 aliphatic carbocycles. The minimum Gasteiger partial charge on any atom is -0.397 e. The fourth-order valence-electron chi connectivity index (χ4n) is 1.95. The Morgan fingerprint density at radius 3 is 2.57 bits per heavy atom. The van der Waals surface area contributed by atoms with Crippen molar-refractivity contribution in [2.24, 2.45) is 11.7 Å². The highest BCUT2D eigenvalue weighted by Crippen LogP contribution is 2.22. The molecule has 5 N–H and O–H groups in total. The summed E-state index contributed by atoms with van der Waals surface area (Å²) in [7, 11) is 0. The number of benzene rings is 1. The second kappa shape index (κ2) is 7.85. The molecule has 0 aliphatic heterocycles. The lowest BCUT2D eigenvalue weighted by molar-refractivity contribution is -0.121. The second-order valence-electron chi connectivity index (χ2n) is 5.31. The SMILES string of the molecule is CC(C)CN(CC(N)=O)CC(=O)Nc1cc(Cl)ccc1N. The number of anilines is 2. The van der Waals surface area contributed by atoms with E-state index in [4.69, 9.17) is 23.1 Å². The maximum atomic E-state index is 12.0. The van der Waals surface area contributed by atoms with Gasteiger partial charge in [-0.3, -0.25) is 14.5 Å². The third-order valence-electron chi connectivity index (χ3n) is 2.66. The number of hydrogen-bond acceptors (Lipinski definition) is 4. The maximum absolute atomic E-state index is 12.0. The molecule has 0 aliphatic rings. The van der Waals surface area contributed by atoms with Crippen molar-refractivity contribution in [1.82, 2.24) is 4.90 Å². The summed E-state index contributed by atoms with van der Waals surface area (Å²) in [6.07, 6.45) is 0. The number of hydrogen-bond donors (Lipinski definition) is 3. The van der Waals surface area contributed by atoms with Gasteiger partial charge in [0.2, 0.25) is 11.8 Å². The van der Waals surface area contributed by atoms with Gasteiger partial charge in [0.05, 0.1) is 24.5 Å². The highest BCUT2D eigenvalue weighted by Gasteiger charge is 2.15. The van der Waals surface area contributed by atoms with E-state index in [2.05, 4.69) is 5.32 Å². The van der Waals surface area contributed by atoms with Gasteiger partial charge >= 0.3 is 0 Å². The van der Waals surface area contributed by atoms with Crippen molar-refractivity contribution < 1.29 is 9.59 Å². The zero-order chi connectivity index (χ0) is 16.0. The molecule has 7 heteroatoms. The average molecular weight is 313 g/mol. The first-order chi connectivity index (χ1) is 9.77. The first-order valence-electron chi connectivity index (χ1n) is 6.63. The van der Waals surface area contributed by atoms with E-state index in [-0.39, 0.29) is 19.0 Å². The van der Waals surface area contributed by atoms with Crippen LogP contribution in [0.1, 0.15) is 13.8 Å². The molecule has 1 aromatic rings. The summed E-state index contributed by atoms with van der Waals surface area (Å²) in [6, 6.07) is 4.84. The van der Waals surface area contributed by atoms with Crippen LogP contribution in [0.5, 0.6) is 0 Å². The van der Waals surface area contributed by atoms with Crippen molar-refractivity contribution in [1.29, 1.82) is 0 Å². The minimum absolute atomic E-state index is 0.0383. The van der Waals surface area contributed by atoms with Crippen molar-refractivity contribution in [3.8, 4) is 0 Å². The normalized spacial score (nSPS) is 10.9. The van der Waals surface area contributed by atoms with Crippen LogP contribution in [0, 0.1) is 5.92 Å². The molecule has 1 rings (SSSR count). The topological polar surface area (TPSA) is 101 Å². The van der Waals surface area contributed by atoms with Crippen LogP contribution in [0.25, 0.3) is 0 Å². The quantitative estimate of drug-likeness (QED) is 0.660. The van der Waals surface area contributed by atoms with Crippen molar-refractivity contribution in [2.45, 2.75) is 13.8 Å². The maximum Gasteiger partial charge on any atom is 0.238 e. The molecule has 6 nitrogen and oxygen atoms in total. The molecule has 0 bridgehead atoms. The predicted molar refractivity (Wildman–Crippen MR) is 85.0 cm³/mol. The number of nitrogens with two attached hydrogens (primary N) is 2. The summed E-state index contributed by atoms with van der Waals surface area (Å²) in [6.45, 7) is 4.70. The van der Waals surface area contributed by atoms with Gasteiger partial charge < -0.3 is 16.8 Å². The number of nitrogens with zero attached hydrogens (tertiary/aromatic N) is 1. The Balaban J connectivity index is 2.68. The lowest BCUT2D eigenvalue weighted by atomic mass is 10.2. The van der Waals surface area contributed by atoms with E-state index in [1.807, 2.05) is 13.8 Å². The highest BCUT2D eigenvalue weighted by molar-refractivity contribution is 6.31. The van der Waals surface area contributed by atoms with Crippen molar-refractivity contribution in [3.05, 3.63) is 23.2 Å². The Labute approximate surface area is 129 Å². The molecule has 0 saturated heterocycles. The zero-order valence-corrected chi connectivity index (χ0v) is 13.0. The average Bonchev–Trinajstić information content (AvgIpc) is 2.31. The van der Waals surface area contributed by atoms with Gasteiger partial charge in [-0.25, -0.2) is 0 Å². The minimum atomic E-state index is -0.467. The van der Waals surface area contributed by atoms with Crippen LogP contribution in [-0.2, 0) is 9.59 Å². The molecule has 0 fully saturated rings. The van der Waals surface area contributed by atoms with Crippen LogP contribution in [0.4, 0.5) is 11.4 Å². The number of carbonyl (C=O) groups is 2. The molecule has 0 atom stereocenters. The van der Waals surface area contributed by atoms with Gasteiger partial charge in [-0.2, -0.15) is 0 Å². The zero-order valence-electron chi connectivity index (χ0n) is 12.2. The van der Waals surface area contributed by atoms with Crippen LogP contribution >= 0.6 is 11.6 Å². The number of halogens is 1. The lowest BCUT2D eigenvalue weighted by Crippen LogP contribution is -2.41. The molecule has 0 saturated carbocycles. The summed E-state index contributed by atoms with van der Waals surface area (Å²) in [5, 5.41) is 3.17. The Morgan fingerprint density at radius 2 is 2.00 bits per heavy atom. The van der Waals surface area contributed by atoms with E-state index in [9.17, 15) is 9.59 Å². The molecule has 1 aromatic carbocycles. The van der Waals surface area contributed by atoms with E-state index in [1.165, 1.54) is 0 Å². The Bertz CT molecular complexity index is 520. The molecule has 21 heavy (non-hydrogen) atoms. The van der Waals surface area contributed by atoms with Crippen LogP contribution in [-0.4, -0.2) is 36.3 Å². The van der Waals surface area contributed by atoms with E-state index in [0.717, 1.165) is 0 Å². The number of carbonyl (C=O) groups excluding carboxylic acids is 2. The first-order valence-corrected chi connectivity index (χ1v) is 7.01. The molecular weight excluding hydrogens is 292 g/mol. The smallest absolute Gasteiger partial charge is 0.238 e. The summed E-state index contributed by atoms with van der Waals surface area (Å²) in [5.74, 6) is -0.426. The Hall–Kier alpha value is -1.79. The van der Waals surface area contributed by atoms with E-state index in [1.54, 1.807) is 23.1 Å². The molecule has 116 valence electrons. The third kappa shape index (κ3) is 6.46. The number of nitrogen functional groups attached to an aromatic ring is 1. The Kier molecular flexibility index (Phi) is 6.45. The monoisotopic (exact) mass is 312 g/mol. The van der Waals surface area contributed by atoms with Crippen LogP contribution in [0.15, 0.2) is 18.2 Å². The standard InChI is InChI=1S/C14H21ClN4O2/c1-9(2)6-19(7-13(17)20)8-14(21)18-12-5-10(15)3-4-11(12)16/h3-5,9H,6-8,16H2,1-2H3,(H2,17,20)(H,18,21). The highest BCUT2D eigenvalue weighted by atomic mass is 35.5. The number of rotatable bonds is 7. The summed E-state index contributed by atoms with van der Waals surface area (Å²) < 4.78 is 0. The van der Waals surface area contributed by atoms with E-state index in [0.29, 0.717) is 28.9 Å². The first kappa shape index (κ1) is 17.3. The fraction of sp³-hybridized carbons (Fsp3) is 0.429. The molecule has 0 aromatic heterocycles. The Morgan fingerprint density at radius 1 is 1.33 bits per heavy atom. The molecule has 0 radical (unpaired) electrons. The van der Waals surface area contributed by atoms with E-state index >= 15 is 0 Å². The summed E-state index contributed by atoms with van der Waals surface area (Å²) >= 11 is 5.87. The van der Waals surface area contributed by atoms with Crippen molar-refractivity contribution >= 4 is 34.8 Å². The van der Waals surface area contributed by atoms with Crippen LogP contribution in [0.3, 0.4) is 0 Å². The van der Waals surface area contributed by atoms with Crippen LogP contribution < -0.4 is 16.8 Å². The lowest BCUT2D eigenvalue weighted by Gasteiger charge is -2.22. The van der Waals surface area contributed by atoms with Gasteiger partial charge in [0.15, 0.2) is 0 Å². The fourth-order valence-corrected chi connectivity index (χ4v) is 2.12. The molecule has 0 unspecified atom stereocenters. The van der Waals surface area contributed by atoms with Crippen molar-refractivity contribution in [2.75, 3.05) is 30.7 Å². The molecule has 0 spiro atoms. The largest absolute Gasteiger partial charge is 0.397 e. The number of nitrogens with one attached hydrogen (secondary N) is 1. The summed E-state index contributed by atoms with van der Waals surface area (Å²) in [4.78, 5) is 24.8. The van der Waals surface area contributed by atoms with Gasteiger partial charge in [0.25, 0.3) is 0 Å². The number of amides is 2. The van der Waals surface area contributed by atoms with Gasteiger partial charge in [-0.05, 0) is 24.1 Å². The third-order valence-corrected chi connectivity index (χ3v) is 2.89. The predicted octanol–water partition coefficient (Wildman–Crippen LogP) is 1.30. The molecule has 0 heterocycles. The number of primary amides is 1. The van der Waals surface area contributed by atoms with Crippen LogP contribution in [0.2, 0.25) is 5.02 Å².